The fraction of sp³-hybridized carbons (Fsp3) is 0.643. The average Bonchev–Trinajstić information content (AvgIpc) is 2.94. The molecular weight excluding hydrogens is 274 g/mol. The summed E-state index contributed by atoms with van der Waals surface area (Å²) >= 11 is 1.65. The molecule has 1 saturated heterocycles. The number of nitrogens with zero attached hydrogens (tertiary/aromatic N) is 3. The molecule has 0 aromatic carbocycles. The van der Waals surface area contributed by atoms with Gasteiger partial charge in [-0.3, -0.25) is 9.59 Å². The molecule has 0 unspecified atom stereocenters. The maximum atomic E-state index is 12.3. The van der Waals surface area contributed by atoms with E-state index in [2.05, 4.69) is 4.98 Å². The molecule has 0 bridgehead atoms. The second-order valence-electron chi connectivity index (χ2n) is 5.27. The molecule has 0 saturated carbocycles. The zero-order valence-electron chi connectivity index (χ0n) is 12.5. The van der Waals surface area contributed by atoms with E-state index in [4.69, 9.17) is 0 Å². The summed E-state index contributed by atoms with van der Waals surface area (Å²) in [6.45, 7) is 6.85. The number of carbonyl (C=O) groups is 2. The van der Waals surface area contributed by atoms with E-state index in [-0.39, 0.29) is 24.4 Å². The predicted molar refractivity (Wildman–Crippen MR) is 78.6 cm³/mol. The molecule has 1 aliphatic rings. The molecule has 1 aliphatic heterocycles. The number of hydrogen-bond donors (Lipinski definition) is 0. The van der Waals surface area contributed by atoms with Gasteiger partial charge in [-0.1, -0.05) is 0 Å². The minimum atomic E-state index is -0.0647. The number of hydrogen-bond acceptors (Lipinski definition) is 4. The summed E-state index contributed by atoms with van der Waals surface area (Å²) in [5.74, 6) is 0.0536. The number of amides is 2. The van der Waals surface area contributed by atoms with Crippen LogP contribution in [0.15, 0.2) is 0 Å². The molecule has 1 atom stereocenters. The molecule has 0 spiro atoms. The zero-order chi connectivity index (χ0) is 14.9. The van der Waals surface area contributed by atoms with Crippen molar-refractivity contribution >= 4 is 23.2 Å². The lowest BCUT2D eigenvalue weighted by molar-refractivity contribution is -0.138. The maximum absolute atomic E-state index is 12.3. The summed E-state index contributed by atoms with van der Waals surface area (Å²) in [5, 5.41) is 1.01. The van der Waals surface area contributed by atoms with Gasteiger partial charge in [0.05, 0.1) is 23.3 Å². The lowest BCUT2D eigenvalue weighted by Gasteiger charge is -2.26. The van der Waals surface area contributed by atoms with Gasteiger partial charge in [0.25, 0.3) is 0 Å². The van der Waals surface area contributed by atoms with Gasteiger partial charge in [0.1, 0.15) is 0 Å². The number of thiazole rings is 1. The summed E-state index contributed by atoms with van der Waals surface area (Å²) in [6, 6.07) is -0.0647. The first-order valence-electron chi connectivity index (χ1n) is 6.87. The topological polar surface area (TPSA) is 53.5 Å². The summed E-state index contributed by atoms with van der Waals surface area (Å²) < 4.78 is 0. The van der Waals surface area contributed by atoms with Crippen LogP contribution >= 0.6 is 11.3 Å². The number of likely N-dealkylation sites (N-methyl/N-ethyl adjacent to an activating group) is 1. The van der Waals surface area contributed by atoms with Gasteiger partial charge in [0, 0.05) is 24.9 Å². The molecule has 2 heterocycles. The molecule has 0 aliphatic carbocycles. The Bertz CT molecular complexity index is 526. The highest BCUT2D eigenvalue weighted by Crippen LogP contribution is 2.26. The molecule has 20 heavy (non-hydrogen) atoms. The predicted octanol–water partition coefficient (Wildman–Crippen LogP) is 1.90. The molecular formula is C14H21N3O2S. The highest BCUT2D eigenvalue weighted by Gasteiger charge is 2.27. The second kappa shape index (κ2) is 5.91. The fourth-order valence-electron chi connectivity index (χ4n) is 2.48. The second-order valence-corrected chi connectivity index (χ2v) is 6.68. The van der Waals surface area contributed by atoms with Crippen molar-refractivity contribution in [3.63, 3.8) is 0 Å². The molecule has 1 aromatic rings. The molecule has 0 radical (unpaired) electrons. The van der Waals surface area contributed by atoms with Crippen LogP contribution in [-0.2, 0) is 9.59 Å². The molecule has 2 amide bonds. The van der Waals surface area contributed by atoms with Crippen molar-refractivity contribution in [2.75, 3.05) is 20.1 Å². The van der Waals surface area contributed by atoms with E-state index < -0.39 is 0 Å². The van der Waals surface area contributed by atoms with Crippen LogP contribution in [0.25, 0.3) is 0 Å². The lowest BCUT2D eigenvalue weighted by Crippen LogP contribution is -2.40. The van der Waals surface area contributed by atoms with Gasteiger partial charge < -0.3 is 9.80 Å². The summed E-state index contributed by atoms with van der Waals surface area (Å²) in [4.78, 5) is 32.8. The number of rotatable bonds is 4. The summed E-state index contributed by atoms with van der Waals surface area (Å²) in [6.07, 6.45) is 1.42. The van der Waals surface area contributed by atoms with Crippen LogP contribution in [-0.4, -0.2) is 46.7 Å². The molecule has 110 valence electrons. The molecule has 1 aromatic heterocycles. The van der Waals surface area contributed by atoms with Gasteiger partial charge in [-0.2, -0.15) is 0 Å². The third kappa shape index (κ3) is 3.00. The smallest absolute Gasteiger partial charge is 0.242 e. The number of aryl methyl sites for hydroxylation is 2. The van der Waals surface area contributed by atoms with E-state index in [1.54, 1.807) is 28.2 Å². The van der Waals surface area contributed by atoms with Crippen LogP contribution in [0.2, 0.25) is 0 Å². The Labute approximate surface area is 123 Å². The van der Waals surface area contributed by atoms with Gasteiger partial charge in [-0.25, -0.2) is 4.98 Å². The largest absolute Gasteiger partial charge is 0.336 e. The maximum Gasteiger partial charge on any atom is 0.242 e. The fourth-order valence-corrected chi connectivity index (χ4v) is 3.39. The first-order chi connectivity index (χ1) is 9.40. The monoisotopic (exact) mass is 295 g/mol. The van der Waals surface area contributed by atoms with Crippen molar-refractivity contribution < 1.29 is 9.59 Å². The SMILES string of the molecule is Cc1nc([C@H](C)N(C)C(=O)CN2CCCC2=O)c(C)s1. The number of likely N-dealkylation sites (tertiary alicyclic amines) is 1. The molecule has 5 nitrogen and oxygen atoms in total. The van der Waals surface area contributed by atoms with Crippen LogP contribution < -0.4 is 0 Å². The normalized spacial score (nSPS) is 16.6. The molecule has 6 heteroatoms. The van der Waals surface area contributed by atoms with E-state index in [9.17, 15) is 9.59 Å². The van der Waals surface area contributed by atoms with Crippen molar-refractivity contribution in [2.24, 2.45) is 0 Å². The van der Waals surface area contributed by atoms with Crippen LogP contribution in [0, 0.1) is 13.8 Å². The first-order valence-corrected chi connectivity index (χ1v) is 7.69. The van der Waals surface area contributed by atoms with E-state index in [0.29, 0.717) is 13.0 Å². The van der Waals surface area contributed by atoms with E-state index in [1.807, 2.05) is 20.8 Å². The van der Waals surface area contributed by atoms with Gasteiger partial charge in [0.2, 0.25) is 11.8 Å². The lowest BCUT2D eigenvalue weighted by atomic mass is 10.2. The molecule has 2 rings (SSSR count). The van der Waals surface area contributed by atoms with Gasteiger partial charge >= 0.3 is 0 Å². The molecule has 1 fully saturated rings. The average molecular weight is 295 g/mol. The minimum absolute atomic E-state index is 0.0298. The van der Waals surface area contributed by atoms with Crippen molar-refractivity contribution in [3.05, 3.63) is 15.6 Å². The minimum Gasteiger partial charge on any atom is -0.336 e. The van der Waals surface area contributed by atoms with Crippen molar-refractivity contribution in [1.82, 2.24) is 14.8 Å². The Balaban J connectivity index is 2.02. The van der Waals surface area contributed by atoms with Gasteiger partial charge in [0.15, 0.2) is 0 Å². The highest BCUT2D eigenvalue weighted by atomic mass is 32.1. The molecule has 0 N–H and O–H groups in total. The summed E-state index contributed by atoms with van der Waals surface area (Å²) in [5.41, 5.74) is 0.955. The number of carbonyl (C=O) groups excluding carboxylic acids is 2. The van der Waals surface area contributed by atoms with Crippen molar-refractivity contribution in [3.8, 4) is 0 Å². The standard InChI is InChI=1S/C14H21N3O2S/c1-9(14-10(2)20-11(3)15-14)16(4)13(19)8-17-7-5-6-12(17)18/h9H,5-8H2,1-4H3/t9-/m0/s1. The Morgan fingerprint density at radius 3 is 2.70 bits per heavy atom. The Morgan fingerprint density at radius 2 is 2.20 bits per heavy atom. The highest BCUT2D eigenvalue weighted by molar-refractivity contribution is 7.11. The third-order valence-corrected chi connectivity index (χ3v) is 4.71. The van der Waals surface area contributed by atoms with Crippen LogP contribution in [0.5, 0.6) is 0 Å². The van der Waals surface area contributed by atoms with Crippen LogP contribution in [0.1, 0.15) is 41.4 Å². The Morgan fingerprint density at radius 1 is 1.50 bits per heavy atom. The first kappa shape index (κ1) is 15.0. The summed E-state index contributed by atoms with van der Waals surface area (Å²) in [7, 11) is 1.78. The quantitative estimate of drug-likeness (QED) is 0.852. The van der Waals surface area contributed by atoms with Crippen molar-refractivity contribution in [1.29, 1.82) is 0 Å². The Kier molecular flexibility index (Phi) is 4.42. The number of aromatic nitrogens is 1. The van der Waals surface area contributed by atoms with Crippen molar-refractivity contribution in [2.45, 2.75) is 39.7 Å². The van der Waals surface area contributed by atoms with E-state index in [1.165, 1.54) is 0 Å². The van der Waals surface area contributed by atoms with E-state index in [0.717, 1.165) is 22.0 Å². The van der Waals surface area contributed by atoms with Gasteiger partial charge in [-0.05, 0) is 27.2 Å². The third-order valence-electron chi connectivity index (χ3n) is 3.81. The van der Waals surface area contributed by atoms with Crippen LogP contribution in [0.3, 0.4) is 0 Å². The zero-order valence-corrected chi connectivity index (χ0v) is 13.3. The van der Waals surface area contributed by atoms with Gasteiger partial charge in [-0.15, -0.1) is 11.3 Å². The van der Waals surface area contributed by atoms with E-state index >= 15 is 0 Å². The Hall–Kier alpha value is -1.43. The van der Waals surface area contributed by atoms with Crippen LogP contribution in [0.4, 0.5) is 0 Å².